The number of likely N-dealkylation sites (tertiary alicyclic amines) is 1. The molecule has 1 amide bonds. The first-order valence-corrected chi connectivity index (χ1v) is 8.56. The molecule has 1 fully saturated rings. The Bertz CT molecular complexity index is 496. The van der Waals surface area contributed by atoms with Crippen molar-refractivity contribution in [2.75, 3.05) is 11.9 Å². The first-order valence-electron chi connectivity index (χ1n) is 7.76. The summed E-state index contributed by atoms with van der Waals surface area (Å²) in [5.74, 6) is 0.775. The van der Waals surface area contributed by atoms with E-state index in [1.807, 2.05) is 11.0 Å². The standard InChI is InChI=1S/C16H24BrN3O/c1-4-8-18-15-14(9-13(17)10-19-15)16(21)20-11(2)6-5-7-12(20)3/h9-12H,4-8H2,1-3H3,(H,18,19). The van der Waals surface area contributed by atoms with Gasteiger partial charge in [0.15, 0.2) is 0 Å². The van der Waals surface area contributed by atoms with E-state index in [0.717, 1.165) is 30.3 Å². The molecule has 4 nitrogen and oxygen atoms in total. The molecule has 1 aromatic heterocycles. The molecule has 2 heterocycles. The fourth-order valence-corrected chi connectivity index (χ4v) is 3.28. The Labute approximate surface area is 135 Å². The molecule has 1 saturated heterocycles. The van der Waals surface area contributed by atoms with E-state index in [4.69, 9.17) is 0 Å². The van der Waals surface area contributed by atoms with Gasteiger partial charge in [0.2, 0.25) is 0 Å². The van der Waals surface area contributed by atoms with Gasteiger partial charge in [-0.25, -0.2) is 4.98 Å². The van der Waals surface area contributed by atoms with Gasteiger partial charge in [-0.1, -0.05) is 6.92 Å². The van der Waals surface area contributed by atoms with Crippen molar-refractivity contribution in [2.45, 2.75) is 58.5 Å². The van der Waals surface area contributed by atoms with Crippen LogP contribution in [0.2, 0.25) is 0 Å². The van der Waals surface area contributed by atoms with E-state index in [1.54, 1.807) is 6.20 Å². The summed E-state index contributed by atoms with van der Waals surface area (Å²) in [5.41, 5.74) is 0.665. The second-order valence-corrected chi connectivity index (χ2v) is 6.73. The molecule has 5 heteroatoms. The molecule has 0 bridgehead atoms. The monoisotopic (exact) mass is 353 g/mol. The summed E-state index contributed by atoms with van der Waals surface area (Å²) in [6.07, 6.45) is 6.09. The highest BCUT2D eigenvalue weighted by atomic mass is 79.9. The van der Waals surface area contributed by atoms with Gasteiger partial charge in [0, 0.05) is 29.3 Å². The van der Waals surface area contributed by atoms with Gasteiger partial charge in [-0.05, 0) is 61.5 Å². The van der Waals surface area contributed by atoms with E-state index >= 15 is 0 Å². The molecule has 1 aromatic rings. The fraction of sp³-hybridized carbons (Fsp3) is 0.625. The van der Waals surface area contributed by atoms with Gasteiger partial charge >= 0.3 is 0 Å². The summed E-state index contributed by atoms with van der Waals surface area (Å²) in [6, 6.07) is 2.46. The lowest BCUT2D eigenvalue weighted by molar-refractivity contribution is 0.0511. The van der Waals surface area contributed by atoms with Crippen molar-refractivity contribution >= 4 is 27.7 Å². The molecule has 1 aliphatic heterocycles. The highest BCUT2D eigenvalue weighted by Gasteiger charge is 2.31. The van der Waals surface area contributed by atoms with Crippen LogP contribution in [0.4, 0.5) is 5.82 Å². The Balaban J connectivity index is 2.30. The average Bonchev–Trinajstić information content (AvgIpc) is 2.45. The molecule has 0 radical (unpaired) electrons. The molecular formula is C16H24BrN3O. The maximum Gasteiger partial charge on any atom is 0.258 e. The number of nitrogens with one attached hydrogen (secondary N) is 1. The van der Waals surface area contributed by atoms with Gasteiger partial charge in [0.1, 0.15) is 5.82 Å². The van der Waals surface area contributed by atoms with Crippen LogP contribution in [-0.2, 0) is 0 Å². The van der Waals surface area contributed by atoms with Crippen LogP contribution < -0.4 is 5.32 Å². The van der Waals surface area contributed by atoms with E-state index in [-0.39, 0.29) is 5.91 Å². The van der Waals surface area contributed by atoms with Gasteiger partial charge in [0.05, 0.1) is 5.56 Å². The average molecular weight is 354 g/mol. The van der Waals surface area contributed by atoms with Crippen molar-refractivity contribution < 1.29 is 4.79 Å². The van der Waals surface area contributed by atoms with Crippen molar-refractivity contribution in [3.63, 3.8) is 0 Å². The quantitative estimate of drug-likeness (QED) is 0.887. The molecule has 116 valence electrons. The summed E-state index contributed by atoms with van der Waals surface area (Å²) < 4.78 is 0.838. The number of anilines is 1. The number of nitrogens with zero attached hydrogens (tertiary/aromatic N) is 2. The van der Waals surface area contributed by atoms with Crippen molar-refractivity contribution in [3.05, 3.63) is 22.3 Å². The molecule has 1 N–H and O–H groups in total. The van der Waals surface area contributed by atoms with E-state index in [1.165, 1.54) is 6.42 Å². The minimum Gasteiger partial charge on any atom is -0.369 e. The van der Waals surface area contributed by atoms with Crippen LogP contribution in [-0.4, -0.2) is 34.4 Å². The van der Waals surface area contributed by atoms with Crippen LogP contribution in [0.1, 0.15) is 56.8 Å². The SMILES string of the molecule is CCCNc1ncc(Br)cc1C(=O)N1C(C)CCCC1C. The third-order valence-corrected chi connectivity index (χ3v) is 4.49. The van der Waals surface area contributed by atoms with Crippen LogP contribution in [0.15, 0.2) is 16.7 Å². The van der Waals surface area contributed by atoms with E-state index in [2.05, 4.69) is 47.0 Å². The van der Waals surface area contributed by atoms with Crippen LogP contribution in [0.5, 0.6) is 0 Å². The number of rotatable bonds is 4. The second kappa shape index (κ2) is 7.25. The van der Waals surface area contributed by atoms with Gasteiger partial charge in [-0.3, -0.25) is 4.79 Å². The molecule has 0 aliphatic carbocycles. The Morgan fingerprint density at radius 2 is 2.10 bits per heavy atom. The van der Waals surface area contributed by atoms with Crippen molar-refractivity contribution in [1.82, 2.24) is 9.88 Å². The molecule has 2 rings (SSSR count). The summed E-state index contributed by atoms with van der Waals surface area (Å²) in [7, 11) is 0. The van der Waals surface area contributed by atoms with Gasteiger partial charge in [0.25, 0.3) is 5.91 Å². The van der Waals surface area contributed by atoms with E-state index in [9.17, 15) is 4.79 Å². The zero-order chi connectivity index (χ0) is 15.4. The molecule has 1 aliphatic rings. The second-order valence-electron chi connectivity index (χ2n) is 5.82. The van der Waals surface area contributed by atoms with Gasteiger partial charge in [-0.2, -0.15) is 0 Å². The number of pyridine rings is 1. The maximum absolute atomic E-state index is 13.0. The number of carbonyl (C=O) groups is 1. The van der Waals surface area contributed by atoms with Crippen LogP contribution in [0.25, 0.3) is 0 Å². The maximum atomic E-state index is 13.0. The third-order valence-electron chi connectivity index (χ3n) is 4.06. The molecular weight excluding hydrogens is 330 g/mol. The number of aromatic nitrogens is 1. The van der Waals surface area contributed by atoms with E-state index < -0.39 is 0 Å². The smallest absolute Gasteiger partial charge is 0.258 e. The molecule has 0 spiro atoms. The lowest BCUT2D eigenvalue weighted by Crippen LogP contribution is -2.47. The molecule has 2 atom stereocenters. The van der Waals surface area contributed by atoms with Gasteiger partial charge in [-0.15, -0.1) is 0 Å². The molecule has 21 heavy (non-hydrogen) atoms. The third kappa shape index (κ3) is 3.76. The summed E-state index contributed by atoms with van der Waals surface area (Å²) >= 11 is 3.43. The molecule has 2 unspecified atom stereocenters. The predicted molar refractivity (Wildman–Crippen MR) is 89.7 cm³/mol. The molecule has 0 saturated carbocycles. The number of halogens is 1. The zero-order valence-corrected chi connectivity index (χ0v) is 14.6. The number of hydrogen-bond acceptors (Lipinski definition) is 3. The highest BCUT2D eigenvalue weighted by molar-refractivity contribution is 9.10. The Kier molecular flexibility index (Phi) is 5.62. The lowest BCUT2D eigenvalue weighted by atomic mass is 9.96. The summed E-state index contributed by atoms with van der Waals surface area (Å²) in [4.78, 5) is 19.4. The lowest BCUT2D eigenvalue weighted by Gasteiger charge is -2.39. The Morgan fingerprint density at radius 1 is 1.43 bits per heavy atom. The van der Waals surface area contributed by atoms with E-state index in [0.29, 0.717) is 23.5 Å². The number of piperidine rings is 1. The molecule has 0 aromatic carbocycles. The topological polar surface area (TPSA) is 45.2 Å². The Morgan fingerprint density at radius 3 is 2.71 bits per heavy atom. The summed E-state index contributed by atoms with van der Waals surface area (Å²) in [6.45, 7) is 7.19. The van der Waals surface area contributed by atoms with Crippen LogP contribution >= 0.6 is 15.9 Å². The fourth-order valence-electron chi connectivity index (χ4n) is 2.95. The van der Waals surface area contributed by atoms with Crippen molar-refractivity contribution in [2.24, 2.45) is 0 Å². The number of amides is 1. The number of hydrogen-bond donors (Lipinski definition) is 1. The minimum atomic E-state index is 0.0853. The zero-order valence-electron chi connectivity index (χ0n) is 13.0. The van der Waals surface area contributed by atoms with Crippen LogP contribution in [0, 0.1) is 0 Å². The summed E-state index contributed by atoms with van der Waals surface area (Å²) in [5, 5.41) is 3.26. The van der Waals surface area contributed by atoms with Crippen LogP contribution in [0.3, 0.4) is 0 Å². The van der Waals surface area contributed by atoms with Crippen molar-refractivity contribution in [3.8, 4) is 0 Å². The largest absolute Gasteiger partial charge is 0.369 e. The van der Waals surface area contributed by atoms with Gasteiger partial charge < -0.3 is 10.2 Å². The first kappa shape index (κ1) is 16.3. The highest BCUT2D eigenvalue weighted by Crippen LogP contribution is 2.27. The normalized spacial score (nSPS) is 22.2. The predicted octanol–water partition coefficient (Wildman–Crippen LogP) is 4.07. The minimum absolute atomic E-state index is 0.0853. The first-order chi connectivity index (χ1) is 10.0. The number of carbonyl (C=O) groups excluding carboxylic acids is 1. The Hall–Kier alpha value is -1.10. The van der Waals surface area contributed by atoms with Crippen molar-refractivity contribution in [1.29, 1.82) is 0 Å².